The molecule has 0 aliphatic rings. The first-order chi connectivity index (χ1) is 10.1. The highest BCUT2D eigenvalue weighted by atomic mass is 35.5. The van der Waals surface area contributed by atoms with E-state index in [4.69, 9.17) is 11.6 Å². The van der Waals surface area contributed by atoms with Crippen molar-refractivity contribution in [2.75, 3.05) is 12.0 Å². The van der Waals surface area contributed by atoms with Crippen molar-refractivity contribution in [2.24, 2.45) is 0 Å². The second-order valence-electron chi connectivity index (χ2n) is 5.28. The fraction of sp³-hybridized carbons (Fsp3) is 0.562. The van der Waals surface area contributed by atoms with Gasteiger partial charge in [-0.2, -0.15) is 11.8 Å². The van der Waals surface area contributed by atoms with Crippen molar-refractivity contribution in [1.82, 2.24) is 9.55 Å². The summed E-state index contributed by atoms with van der Waals surface area (Å²) in [6.07, 6.45) is 6.91. The first-order valence-corrected chi connectivity index (χ1v) is 9.25. The molecule has 0 aliphatic carbocycles. The Kier molecular flexibility index (Phi) is 6.37. The van der Waals surface area contributed by atoms with Crippen LogP contribution >= 0.6 is 23.4 Å². The number of nitrogens with zero attached hydrogens (tertiary/aromatic N) is 2. The normalized spacial score (nSPS) is 13.0. The Morgan fingerprint density at radius 1 is 1.29 bits per heavy atom. The number of hydrogen-bond acceptors (Lipinski definition) is 2. The van der Waals surface area contributed by atoms with Crippen LogP contribution in [0.3, 0.4) is 0 Å². The van der Waals surface area contributed by atoms with E-state index in [1.165, 1.54) is 31.1 Å². The van der Waals surface area contributed by atoms with Crippen LogP contribution in [0.2, 0.25) is 0 Å². The second kappa shape index (κ2) is 8.04. The van der Waals surface area contributed by atoms with E-state index in [-0.39, 0.29) is 11.2 Å². The highest BCUT2D eigenvalue weighted by Crippen LogP contribution is 2.25. The molecule has 21 heavy (non-hydrogen) atoms. The van der Waals surface area contributed by atoms with Gasteiger partial charge in [0.05, 0.1) is 16.4 Å². The largest absolute Gasteiger partial charge is 0.327 e. The van der Waals surface area contributed by atoms with Crippen molar-refractivity contribution in [3.8, 4) is 0 Å². The third kappa shape index (κ3) is 4.36. The van der Waals surface area contributed by atoms with Crippen molar-refractivity contribution in [3.63, 3.8) is 0 Å². The summed E-state index contributed by atoms with van der Waals surface area (Å²) < 4.78 is 15.6. The lowest BCUT2D eigenvalue weighted by Gasteiger charge is -2.10. The van der Waals surface area contributed by atoms with Gasteiger partial charge in [0.2, 0.25) is 0 Å². The Bertz CT molecular complexity index is 583. The summed E-state index contributed by atoms with van der Waals surface area (Å²) in [6, 6.07) is 4.73. The number of aromatic nitrogens is 2. The van der Waals surface area contributed by atoms with Gasteiger partial charge in [0, 0.05) is 6.54 Å². The number of unbranched alkanes of at least 4 members (excludes halogenated alkanes) is 3. The average Bonchev–Trinajstić information content (AvgIpc) is 2.81. The van der Waals surface area contributed by atoms with Crippen LogP contribution in [0.15, 0.2) is 18.2 Å². The van der Waals surface area contributed by atoms with Crippen LogP contribution in [0.4, 0.5) is 4.39 Å². The maximum Gasteiger partial charge on any atom is 0.127 e. The van der Waals surface area contributed by atoms with Crippen molar-refractivity contribution in [2.45, 2.75) is 44.5 Å². The molecule has 2 nitrogen and oxygen atoms in total. The molecule has 0 fully saturated rings. The van der Waals surface area contributed by atoms with Crippen LogP contribution in [0.1, 0.15) is 43.8 Å². The van der Waals surface area contributed by atoms with Crippen LogP contribution in [0.25, 0.3) is 11.0 Å². The van der Waals surface area contributed by atoms with Gasteiger partial charge in [-0.1, -0.05) is 12.8 Å². The van der Waals surface area contributed by atoms with Crippen molar-refractivity contribution >= 4 is 34.4 Å². The molecule has 1 heterocycles. The molecule has 0 saturated carbocycles. The molecule has 0 spiro atoms. The van der Waals surface area contributed by atoms with E-state index in [0.29, 0.717) is 0 Å². The molecule has 0 radical (unpaired) electrons. The maximum atomic E-state index is 13.5. The van der Waals surface area contributed by atoms with Gasteiger partial charge in [-0.15, -0.1) is 11.6 Å². The van der Waals surface area contributed by atoms with Gasteiger partial charge in [-0.05, 0) is 50.0 Å². The van der Waals surface area contributed by atoms with E-state index in [1.54, 1.807) is 12.1 Å². The lowest BCUT2D eigenvalue weighted by atomic mass is 10.2. The number of aryl methyl sites for hydroxylation is 1. The molecule has 0 amide bonds. The van der Waals surface area contributed by atoms with Gasteiger partial charge in [0.15, 0.2) is 0 Å². The molecule has 2 aromatic rings. The molecule has 0 aliphatic heterocycles. The maximum absolute atomic E-state index is 13.5. The predicted molar refractivity (Wildman–Crippen MR) is 90.8 cm³/mol. The minimum atomic E-state index is -0.225. The number of halogens is 2. The number of thioether (sulfide) groups is 1. The van der Waals surface area contributed by atoms with Crippen LogP contribution in [-0.2, 0) is 6.54 Å². The molecule has 2 rings (SSSR count). The Morgan fingerprint density at radius 3 is 2.76 bits per heavy atom. The van der Waals surface area contributed by atoms with E-state index in [9.17, 15) is 4.39 Å². The Balaban J connectivity index is 2.09. The zero-order valence-electron chi connectivity index (χ0n) is 12.6. The van der Waals surface area contributed by atoms with E-state index in [0.717, 1.165) is 29.8 Å². The van der Waals surface area contributed by atoms with Gasteiger partial charge in [-0.3, -0.25) is 0 Å². The van der Waals surface area contributed by atoms with Crippen molar-refractivity contribution in [1.29, 1.82) is 0 Å². The summed E-state index contributed by atoms with van der Waals surface area (Å²) in [6.45, 7) is 2.76. The van der Waals surface area contributed by atoms with Crippen molar-refractivity contribution in [3.05, 3.63) is 29.8 Å². The quantitative estimate of drug-likeness (QED) is 0.477. The number of fused-ring (bicyclic) bond motifs is 1. The first-order valence-electron chi connectivity index (χ1n) is 7.42. The average molecular weight is 329 g/mol. The standard InChI is InChI=1S/C16H22ClFN2S/c1-12(17)16-19-14-8-7-13(18)11-15(14)20(16)9-5-3-4-6-10-21-2/h7-8,11-12H,3-6,9-10H2,1-2H3. The van der Waals surface area contributed by atoms with Gasteiger partial charge < -0.3 is 4.57 Å². The smallest absolute Gasteiger partial charge is 0.127 e. The Morgan fingerprint density at radius 2 is 2.05 bits per heavy atom. The summed E-state index contributed by atoms with van der Waals surface area (Å²) in [4.78, 5) is 4.54. The van der Waals surface area contributed by atoms with E-state index < -0.39 is 0 Å². The molecule has 1 aromatic carbocycles. The van der Waals surface area contributed by atoms with Crippen molar-refractivity contribution < 1.29 is 4.39 Å². The third-order valence-corrected chi connectivity index (χ3v) is 4.47. The fourth-order valence-corrected chi connectivity index (χ4v) is 3.18. The minimum Gasteiger partial charge on any atom is -0.327 e. The summed E-state index contributed by atoms with van der Waals surface area (Å²) in [7, 11) is 0. The SMILES string of the molecule is CSCCCCCCn1c(C(C)Cl)nc2ccc(F)cc21. The fourth-order valence-electron chi connectivity index (χ4n) is 2.52. The number of alkyl halides is 1. The molecular weight excluding hydrogens is 307 g/mol. The zero-order valence-corrected chi connectivity index (χ0v) is 14.2. The number of rotatable bonds is 8. The molecule has 116 valence electrons. The number of hydrogen-bond donors (Lipinski definition) is 0. The molecule has 1 aromatic heterocycles. The molecule has 0 saturated heterocycles. The first kappa shape index (κ1) is 16.6. The van der Waals surface area contributed by atoms with E-state index in [2.05, 4.69) is 15.8 Å². The van der Waals surface area contributed by atoms with Gasteiger partial charge in [0.25, 0.3) is 0 Å². The van der Waals surface area contributed by atoms with Crippen LogP contribution in [-0.4, -0.2) is 21.6 Å². The Labute approximate surface area is 135 Å². The topological polar surface area (TPSA) is 17.8 Å². The third-order valence-electron chi connectivity index (χ3n) is 3.58. The van der Waals surface area contributed by atoms with Gasteiger partial charge >= 0.3 is 0 Å². The van der Waals surface area contributed by atoms with E-state index in [1.807, 2.05) is 18.7 Å². The van der Waals surface area contributed by atoms with Crippen LogP contribution in [0, 0.1) is 5.82 Å². The van der Waals surface area contributed by atoms with Gasteiger partial charge in [0.1, 0.15) is 11.6 Å². The second-order valence-corrected chi connectivity index (χ2v) is 6.92. The Hall–Kier alpha value is -0.740. The summed E-state index contributed by atoms with van der Waals surface area (Å²) in [5.74, 6) is 1.84. The lowest BCUT2D eigenvalue weighted by molar-refractivity contribution is 0.574. The molecule has 0 N–H and O–H groups in total. The molecular formula is C16H22ClFN2S. The molecule has 5 heteroatoms. The molecule has 0 bridgehead atoms. The molecule has 1 atom stereocenters. The van der Waals surface area contributed by atoms with Crippen LogP contribution in [0.5, 0.6) is 0 Å². The monoisotopic (exact) mass is 328 g/mol. The lowest BCUT2D eigenvalue weighted by Crippen LogP contribution is -2.05. The summed E-state index contributed by atoms with van der Waals surface area (Å²) in [5.41, 5.74) is 1.67. The summed E-state index contributed by atoms with van der Waals surface area (Å²) in [5, 5.41) is -0.169. The number of imidazole rings is 1. The van der Waals surface area contributed by atoms with Crippen LogP contribution < -0.4 is 0 Å². The molecule has 1 unspecified atom stereocenters. The van der Waals surface area contributed by atoms with Gasteiger partial charge in [-0.25, -0.2) is 9.37 Å². The minimum absolute atomic E-state index is 0.169. The highest BCUT2D eigenvalue weighted by molar-refractivity contribution is 7.98. The van der Waals surface area contributed by atoms with E-state index >= 15 is 0 Å². The number of benzene rings is 1. The predicted octanol–water partition coefficient (Wildman–Crippen LogP) is 5.40. The zero-order chi connectivity index (χ0) is 15.2. The summed E-state index contributed by atoms with van der Waals surface area (Å²) >= 11 is 8.11. The highest BCUT2D eigenvalue weighted by Gasteiger charge is 2.15.